The van der Waals surface area contributed by atoms with Crippen molar-refractivity contribution in [2.24, 2.45) is 0 Å². The lowest BCUT2D eigenvalue weighted by atomic mass is 10.0. The third kappa shape index (κ3) is 4.33. The van der Waals surface area contributed by atoms with E-state index in [0.717, 1.165) is 26.2 Å². The van der Waals surface area contributed by atoms with Crippen LogP contribution in [0.1, 0.15) is 19.8 Å². The van der Waals surface area contributed by atoms with E-state index in [1.807, 2.05) is 0 Å². The summed E-state index contributed by atoms with van der Waals surface area (Å²) in [6.07, 6.45) is 5.31. The molecule has 1 heterocycles. The average molecular weight is 226 g/mol. The van der Waals surface area contributed by atoms with Gasteiger partial charge in [-0.2, -0.15) is 0 Å². The van der Waals surface area contributed by atoms with E-state index in [9.17, 15) is 4.79 Å². The number of likely N-dealkylation sites (N-methyl/N-ethyl adjacent to an activating group) is 1. The van der Waals surface area contributed by atoms with Gasteiger partial charge in [-0.25, -0.2) is 4.79 Å². The molecule has 0 aliphatic carbocycles. The molecule has 0 unspecified atom stereocenters. The molecule has 1 aliphatic rings. The molecule has 0 atom stereocenters. The second-order valence-electron chi connectivity index (χ2n) is 4.35. The molecular weight excluding hydrogens is 204 g/mol. The van der Waals surface area contributed by atoms with Gasteiger partial charge in [-0.15, -0.1) is 0 Å². The van der Waals surface area contributed by atoms with Crippen LogP contribution in [0.2, 0.25) is 0 Å². The second-order valence-corrected chi connectivity index (χ2v) is 4.35. The largest absolute Gasteiger partial charge is 0.478 e. The van der Waals surface area contributed by atoms with Crippen LogP contribution < -0.4 is 0 Å². The molecular formula is C12H22N2O2. The van der Waals surface area contributed by atoms with Gasteiger partial charge in [-0.1, -0.05) is 13.0 Å². The third-order valence-corrected chi connectivity index (χ3v) is 3.28. The molecule has 0 spiro atoms. The Bertz CT molecular complexity index is 245. The Hall–Kier alpha value is -0.870. The van der Waals surface area contributed by atoms with Crippen molar-refractivity contribution in [1.82, 2.24) is 9.80 Å². The Balaban J connectivity index is 2.27. The van der Waals surface area contributed by atoms with Crippen LogP contribution in [0, 0.1) is 0 Å². The highest BCUT2D eigenvalue weighted by Crippen LogP contribution is 2.14. The van der Waals surface area contributed by atoms with Crippen molar-refractivity contribution in [2.45, 2.75) is 25.8 Å². The predicted octanol–water partition coefficient (Wildman–Crippen LogP) is 1.04. The lowest BCUT2D eigenvalue weighted by Gasteiger charge is -2.35. The van der Waals surface area contributed by atoms with Crippen LogP contribution in [0.15, 0.2) is 12.2 Å². The Kier molecular flexibility index (Phi) is 5.49. The summed E-state index contributed by atoms with van der Waals surface area (Å²) in [5, 5.41) is 8.49. The third-order valence-electron chi connectivity index (χ3n) is 3.28. The van der Waals surface area contributed by atoms with Crippen LogP contribution >= 0.6 is 0 Å². The topological polar surface area (TPSA) is 43.8 Å². The number of hydrogen-bond acceptors (Lipinski definition) is 3. The van der Waals surface area contributed by atoms with Crippen molar-refractivity contribution in [3.63, 3.8) is 0 Å². The van der Waals surface area contributed by atoms with Gasteiger partial charge in [-0.3, -0.25) is 4.90 Å². The summed E-state index contributed by atoms with van der Waals surface area (Å²) in [5.41, 5.74) is 0. The first-order valence-corrected chi connectivity index (χ1v) is 5.95. The van der Waals surface area contributed by atoms with E-state index in [1.165, 1.54) is 18.9 Å². The maximum Gasteiger partial charge on any atom is 0.328 e. The minimum Gasteiger partial charge on any atom is -0.478 e. The lowest BCUT2D eigenvalue weighted by Crippen LogP contribution is -2.43. The molecule has 0 bridgehead atoms. The minimum absolute atomic E-state index is 0.598. The van der Waals surface area contributed by atoms with Crippen molar-refractivity contribution in [1.29, 1.82) is 0 Å². The number of aliphatic carboxylic acids is 1. The summed E-state index contributed by atoms with van der Waals surface area (Å²) in [6.45, 7) is 6.38. The molecule has 0 aromatic heterocycles. The van der Waals surface area contributed by atoms with Crippen molar-refractivity contribution in [3.05, 3.63) is 12.2 Å². The number of rotatable bonds is 5. The van der Waals surface area contributed by atoms with E-state index >= 15 is 0 Å². The fourth-order valence-corrected chi connectivity index (χ4v) is 2.15. The zero-order valence-corrected chi connectivity index (χ0v) is 10.2. The van der Waals surface area contributed by atoms with Gasteiger partial charge in [-0.05, 0) is 39.5 Å². The van der Waals surface area contributed by atoms with E-state index < -0.39 is 5.97 Å². The zero-order chi connectivity index (χ0) is 12.0. The number of nitrogens with zero attached hydrogens (tertiary/aromatic N) is 2. The van der Waals surface area contributed by atoms with Gasteiger partial charge in [0.05, 0.1) is 0 Å². The van der Waals surface area contributed by atoms with Gasteiger partial charge >= 0.3 is 5.97 Å². The van der Waals surface area contributed by atoms with E-state index in [2.05, 4.69) is 23.8 Å². The number of piperidine rings is 1. The quantitative estimate of drug-likeness (QED) is 0.711. The molecule has 16 heavy (non-hydrogen) atoms. The van der Waals surface area contributed by atoms with Crippen molar-refractivity contribution in [2.75, 3.05) is 33.2 Å². The highest BCUT2D eigenvalue weighted by Gasteiger charge is 2.20. The molecule has 1 rings (SSSR count). The first-order chi connectivity index (χ1) is 7.63. The number of carboxylic acids is 1. The van der Waals surface area contributed by atoms with Crippen molar-refractivity contribution in [3.8, 4) is 0 Å². The molecule has 1 N–H and O–H groups in total. The average Bonchev–Trinajstić information content (AvgIpc) is 2.28. The highest BCUT2D eigenvalue weighted by molar-refractivity contribution is 5.79. The maximum absolute atomic E-state index is 10.3. The van der Waals surface area contributed by atoms with Gasteiger partial charge < -0.3 is 10.0 Å². The molecule has 4 nitrogen and oxygen atoms in total. The molecule has 0 saturated carbocycles. The normalized spacial score (nSPS) is 19.7. The van der Waals surface area contributed by atoms with Gasteiger partial charge in [0.2, 0.25) is 0 Å². The Morgan fingerprint density at radius 2 is 2.12 bits per heavy atom. The van der Waals surface area contributed by atoms with Gasteiger partial charge in [0, 0.05) is 18.7 Å². The Morgan fingerprint density at radius 3 is 2.62 bits per heavy atom. The number of carboxylic acid groups (broad SMARTS) is 1. The fourth-order valence-electron chi connectivity index (χ4n) is 2.15. The van der Waals surface area contributed by atoms with Crippen LogP contribution in [-0.4, -0.2) is 60.1 Å². The molecule has 0 amide bonds. The summed E-state index contributed by atoms with van der Waals surface area (Å²) >= 11 is 0. The number of hydrogen-bond donors (Lipinski definition) is 1. The van der Waals surface area contributed by atoms with Gasteiger partial charge in [0.1, 0.15) is 0 Å². The van der Waals surface area contributed by atoms with Gasteiger partial charge in [0.25, 0.3) is 0 Å². The van der Waals surface area contributed by atoms with Crippen molar-refractivity contribution >= 4 is 5.97 Å². The van der Waals surface area contributed by atoms with E-state index in [-0.39, 0.29) is 0 Å². The SMILES string of the molecule is CCN1CCC(N(C)CC=CC(=O)O)CC1. The molecule has 92 valence electrons. The predicted molar refractivity (Wildman–Crippen MR) is 64.5 cm³/mol. The molecule has 0 radical (unpaired) electrons. The minimum atomic E-state index is -0.866. The lowest BCUT2D eigenvalue weighted by molar-refractivity contribution is -0.131. The summed E-state index contributed by atoms with van der Waals surface area (Å²) in [5.74, 6) is -0.866. The molecule has 0 aromatic rings. The van der Waals surface area contributed by atoms with Crippen LogP contribution in [-0.2, 0) is 4.79 Å². The molecule has 0 aromatic carbocycles. The van der Waals surface area contributed by atoms with E-state index in [0.29, 0.717) is 6.04 Å². The zero-order valence-electron chi connectivity index (χ0n) is 10.2. The van der Waals surface area contributed by atoms with E-state index in [1.54, 1.807) is 6.08 Å². The first-order valence-electron chi connectivity index (χ1n) is 5.95. The Morgan fingerprint density at radius 1 is 1.50 bits per heavy atom. The van der Waals surface area contributed by atoms with Crippen molar-refractivity contribution < 1.29 is 9.90 Å². The second kappa shape index (κ2) is 6.66. The van der Waals surface area contributed by atoms with Gasteiger partial charge in [0.15, 0.2) is 0 Å². The smallest absolute Gasteiger partial charge is 0.328 e. The summed E-state index contributed by atoms with van der Waals surface area (Å²) < 4.78 is 0. The molecule has 1 fully saturated rings. The standard InChI is InChI=1S/C12H22N2O2/c1-3-14-9-6-11(7-10-14)13(2)8-4-5-12(15)16/h4-5,11H,3,6-10H2,1-2H3,(H,15,16). The number of carbonyl (C=O) groups is 1. The summed E-state index contributed by atoms with van der Waals surface area (Å²) in [7, 11) is 2.07. The molecule has 1 saturated heterocycles. The van der Waals surface area contributed by atoms with Crippen LogP contribution in [0.3, 0.4) is 0 Å². The maximum atomic E-state index is 10.3. The summed E-state index contributed by atoms with van der Waals surface area (Å²) in [4.78, 5) is 15.0. The van der Waals surface area contributed by atoms with Crippen LogP contribution in [0.4, 0.5) is 0 Å². The summed E-state index contributed by atoms with van der Waals surface area (Å²) in [6, 6.07) is 0.598. The first kappa shape index (κ1) is 13.2. The fraction of sp³-hybridized carbons (Fsp3) is 0.750. The molecule has 1 aliphatic heterocycles. The van der Waals surface area contributed by atoms with E-state index in [4.69, 9.17) is 5.11 Å². The van der Waals surface area contributed by atoms with Crippen LogP contribution in [0.25, 0.3) is 0 Å². The van der Waals surface area contributed by atoms with Crippen LogP contribution in [0.5, 0.6) is 0 Å². The Labute approximate surface area is 97.5 Å². The highest BCUT2D eigenvalue weighted by atomic mass is 16.4. The monoisotopic (exact) mass is 226 g/mol. The molecule has 4 heteroatoms. The number of likely N-dealkylation sites (tertiary alicyclic amines) is 1.